The molecular formula is C10H12N2O2. The first-order valence-corrected chi connectivity index (χ1v) is 4.27. The van der Waals surface area contributed by atoms with Crippen molar-refractivity contribution in [2.75, 3.05) is 5.32 Å². The van der Waals surface area contributed by atoms with Crippen molar-refractivity contribution in [3.8, 4) is 0 Å². The topological polar surface area (TPSA) is 59.1 Å². The van der Waals surface area contributed by atoms with Crippen LogP contribution in [0.1, 0.15) is 29.9 Å². The number of aromatic nitrogens is 1. The Bertz CT molecular complexity index is 386. The molecule has 0 bridgehead atoms. The average Bonchev–Trinajstić information content (AvgIpc) is 2.01. The monoisotopic (exact) mass is 192 g/mol. The summed E-state index contributed by atoms with van der Waals surface area (Å²) < 4.78 is 0. The Morgan fingerprint density at radius 3 is 2.36 bits per heavy atom. The first kappa shape index (κ1) is 10.4. The molecule has 1 aromatic rings. The molecule has 1 heterocycles. The molecule has 0 unspecified atom stereocenters. The first-order chi connectivity index (χ1) is 6.50. The van der Waals surface area contributed by atoms with Crippen molar-refractivity contribution < 1.29 is 9.59 Å². The van der Waals surface area contributed by atoms with Gasteiger partial charge in [0.1, 0.15) is 5.82 Å². The number of hydrogen-bond donors (Lipinski definition) is 1. The summed E-state index contributed by atoms with van der Waals surface area (Å²) in [5, 5.41) is 2.55. The van der Waals surface area contributed by atoms with Gasteiger partial charge in [0.25, 0.3) is 0 Å². The van der Waals surface area contributed by atoms with Crippen LogP contribution in [0.5, 0.6) is 0 Å². The van der Waals surface area contributed by atoms with Crippen molar-refractivity contribution >= 4 is 17.5 Å². The zero-order chi connectivity index (χ0) is 10.7. The van der Waals surface area contributed by atoms with E-state index in [-0.39, 0.29) is 11.7 Å². The van der Waals surface area contributed by atoms with E-state index in [9.17, 15) is 9.59 Å². The van der Waals surface area contributed by atoms with E-state index < -0.39 is 0 Å². The van der Waals surface area contributed by atoms with Gasteiger partial charge < -0.3 is 5.32 Å². The largest absolute Gasteiger partial charge is 0.311 e. The van der Waals surface area contributed by atoms with E-state index in [0.29, 0.717) is 17.1 Å². The summed E-state index contributed by atoms with van der Waals surface area (Å²) in [4.78, 5) is 25.9. The zero-order valence-corrected chi connectivity index (χ0v) is 8.42. The second-order valence-corrected chi connectivity index (χ2v) is 3.07. The molecule has 1 aromatic heterocycles. The molecule has 0 aromatic carbocycles. The molecule has 74 valence electrons. The highest BCUT2D eigenvalue weighted by Crippen LogP contribution is 2.10. The van der Waals surface area contributed by atoms with E-state index >= 15 is 0 Å². The molecule has 1 amide bonds. The van der Waals surface area contributed by atoms with Gasteiger partial charge in [-0.25, -0.2) is 4.98 Å². The fourth-order valence-electron chi connectivity index (χ4n) is 1.18. The molecular weight excluding hydrogens is 180 g/mol. The fourth-order valence-corrected chi connectivity index (χ4v) is 1.18. The van der Waals surface area contributed by atoms with Gasteiger partial charge in [-0.3, -0.25) is 9.59 Å². The van der Waals surface area contributed by atoms with Crippen molar-refractivity contribution in [2.24, 2.45) is 0 Å². The van der Waals surface area contributed by atoms with Crippen molar-refractivity contribution in [1.29, 1.82) is 0 Å². The van der Waals surface area contributed by atoms with Gasteiger partial charge >= 0.3 is 0 Å². The third-order valence-electron chi connectivity index (χ3n) is 1.77. The van der Waals surface area contributed by atoms with Crippen LogP contribution in [0.2, 0.25) is 0 Å². The molecule has 0 radical (unpaired) electrons. The van der Waals surface area contributed by atoms with Crippen molar-refractivity contribution in [1.82, 2.24) is 4.98 Å². The van der Waals surface area contributed by atoms with Crippen LogP contribution in [0.25, 0.3) is 0 Å². The van der Waals surface area contributed by atoms with Gasteiger partial charge in [-0.2, -0.15) is 0 Å². The van der Waals surface area contributed by atoms with Crippen molar-refractivity contribution in [3.63, 3.8) is 0 Å². The highest BCUT2D eigenvalue weighted by Gasteiger charge is 2.06. The molecule has 0 spiro atoms. The number of carbonyl (C=O) groups is 2. The number of anilines is 1. The van der Waals surface area contributed by atoms with Crippen LogP contribution >= 0.6 is 0 Å². The first-order valence-electron chi connectivity index (χ1n) is 4.27. The van der Waals surface area contributed by atoms with E-state index in [1.807, 2.05) is 0 Å². The Kier molecular flexibility index (Phi) is 2.96. The normalized spacial score (nSPS) is 9.64. The lowest BCUT2D eigenvalue weighted by atomic mass is 10.1. The quantitative estimate of drug-likeness (QED) is 0.723. The lowest BCUT2D eigenvalue weighted by Crippen LogP contribution is -2.09. The van der Waals surface area contributed by atoms with Crippen LogP contribution in [0.3, 0.4) is 0 Å². The average molecular weight is 192 g/mol. The SMILES string of the molecule is CC(=O)Nc1ccc(C(C)=O)c(C)n1. The number of pyridine rings is 1. The Balaban J connectivity index is 3.00. The minimum atomic E-state index is -0.174. The van der Waals surface area contributed by atoms with Gasteiger partial charge in [0.15, 0.2) is 5.78 Å². The number of amides is 1. The van der Waals surface area contributed by atoms with Gasteiger partial charge in [0.05, 0.1) is 5.69 Å². The highest BCUT2D eigenvalue weighted by atomic mass is 16.1. The number of rotatable bonds is 2. The van der Waals surface area contributed by atoms with Gasteiger partial charge in [-0.1, -0.05) is 0 Å². The summed E-state index contributed by atoms with van der Waals surface area (Å²) in [6.07, 6.45) is 0. The molecule has 1 rings (SSSR count). The lowest BCUT2D eigenvalue weighted by Gasteiger charge is -2.04. The van der Waals surface area contributed by atoms with Crippen LogP contribution in [-0.4, -0.2) is 16.7 Å². The summed E-state index contributed by atoms with van der Waals surface area (Å²) in [5.41, 5.74) is 1.21. The zero-order valence-electron chi connectivity index (χ0n) is 8.42. The second kappa shape index (κ2) is 4.00. The summed E-state index contributed by atoms with van der Waals surface area (Å²) in [6, 6.07) is 3.28. The van der Waals surface area contributed by atoms with Crippen LogP contribution in [0.4, 0.5) is 5.82 Å². The van der Waals surface area contributed by atoms with Gasteiger partial charge in [-0.05, 0) is 26.0 Å². The van der Waals surface area contributed by atoms with Crippen LogP contribution < -0.4 is 5.32 Å². The van der Waals surface area contributed by atoms with E-state index in [0.717, 1.165) is 0 Å². The van der Waals surface area contributed by atoms with Crippen molar-refractivity contribution in [2.45, 2.75) is 20.8 Å². The molecule has 0 atom stereocenters. The predicted octanol–water partition coefficient (Wildman–Crippen LogP) is 1.55. The minimum absolute atomic E-state index is 0.0237. The predicted molar refractivity (Wildman–Crippen MR) is 53.3 cm³/mol. The van der Waals surface area contributed by atoms with E-state index in [1.165, 1.54) is 13.8 Å². The molecule has 1 N–H and O–H groups in total. The summed E-state index contributed by atoms with van der Waals surface area (Å²) in [7, 11) is 0. The van der Waals surface area contributed by atoms with Gasteiger partial charge in [0.2, 0.25) is 5.91 Å². The Morgan fingerprint density at radius 2 is 1.93 bits per heavy atom. The molecule has 0 fully saturated rings. The molecule has 4 nitrogen and oxygen atoms in total. The number of nitrogens with zero attached hydrogens (tertiary/aromatic N) is 1. The summed E-state index contributed by atoms with van der Waals surface area (Å²) in [5.74, 6) is 0.275. The van der Waals surface area contributed by atoms with Gasteiger partial charge in [0, 0.05) is 12.5 Å². The standard InChI is InChI=1S/C10H12N2O2/c1-6-9(7(2)13)4-5-10(11-6)12-8(3)14/h4-5H,1-3H3,(H,11,12,14). The third-order valence-corrected chi connectivity index (χ3v) is 1.77. The summed E-state index contributed by atoms with van der Waals surface area (Å²) in [6.45, 7) is 4.64. The minimum Gasteiger partial charge on any atom is -0.311 e. The van der Waals surface area contributed by atoms with E-state index in [4.69, 9.17) is 0 Å². The fraction of sp³-hybridized carbons (Fsp3) is 0.300. The molecule has 0 saturated heterocycles. The van der Waals surface area contributed by atoms with Gasteiger partial charge in [-0.15, -0.1) is 0 Å². The Labute approximate surface area is 82.3 Å². The van der Waals surface area contributed by atoms with Crippen LogP contribution in [0, 0.1) is 6.92 Å². The maximum atomic E-state index is 11.1. The lowest BCUT2D eigenvalue weighted by molar-refractivity contribution is -0.114. The van der Waals surface area contributed by atoms with Crippen LogP contribution in [0.15, 0.2) is 12.1 Å². The maximum absolute atomic E-state index is 11.1. The molecule has 0 saturated carbocycles. The number of nitrogens with one attached hydrogen (secondary N) is 1. The molecule has 0 aliphatic heterocycles. The maximum Gasteiger partial charge on any atom is 0.222 e. The van der Waals surface area contributed by atoms with E-state index in [1.54, 1.807) is 19.1 Å². The highest BCUT2D eigenvalue weighted by molar-refractivity contribution is 5.95. The molecule has 14 heavy (non-hydrogen) atoms. The number of carbonyl (C=O) groups excluding carboxylic acids is 2. The Hall–Kier alpha value is -1.71. The molecule has 4 heteroatoms. The molecule has 0 aliphatic rings. The molecule has 0 aliphatic carbocycles. The van der Waals surface area contributed by atoms with Crippen molar-refractivity contribution in [3.05, 3.63) is 23.4 Å². The summed E-state index contributed by atoms with van der Waals surface area (Å²) >= 11 is 0. The number of Topliss-reactive ketones (excluding diaryl/α,β-unsaturated/α-hetero) is 1. The number of hydrogen-bond acceptors (Lipinski definition) is 3. The van der Waals surface area contributed by atoms with Crippen LogP contribution in [-0.2, 0) is 4.79 Å². The second-order valence-electron chi connectivity index (χ2n) is 3.07. The van der Waals surface area contributed by atoms with E-state index in [2.05, 4.69) is 10.3 Å². The number of aryl methyl sites for hydroxylation is 1. The number of ketones is 1. The third kappa shape index (κ3) is 2.39. The smallest absolute Gasteiger partial charge is 0.222 e. The Morgan fingerprint density at radius 1 is 1.29 bits per heavy atom.